The summed E-state index contributed by atoms with van der Waals surface area (Å²) < 4.78 is 24.7. The van der Waals surface area contributed by atoms with Gasteiger partial charge in [-0.05, 0) is 80.9 Å². The number of hydrogen-bond acceptors (Lipinski definition) is 6. The lowest BCUT2D eigenvalue weighted by Crippen LogP contribution is -2.04. The molecule has 262 valence electrons. The number of unbranched alkanes of at least 4 members (excludes halogenated alkanes) is 9. The zero-order chi connectivity index (χ0) is 36.4. The number of hydrogen-bond donors (Lipinski definition) is 0. The summed E-state index contributed by atoms with van der Waals surface area (Å²) in [6, 6.07) is 12.0. The summed E-state index contributed by atoms with van der Waals surface area (Å²) in [5, 5.41) is 20.6. The van der Waals surface area contributed by atoms with Crippen molar-refractivity contribution in [3.8, 4) is 71.3 Å². The molecule has 0 fully saturated rings. The highest BCUT2D eigenvalue weighted by Gasteiger charge is 2.19. The summed E-state index contributed by atoms with van der Waals surface area (Å²) in [6.07, 6.45) is 24.1. The van der Waals surface area contributed by atoms with Gasteiger partial charge in [0.05, 0.1) is 43.1 Å². The average molecular weight is 673 g/mol. The van der Waals surface area contributed by atoms with E-state index in [-0.39, 0.29) is 5.75 Å². The number of nitriles is 2. The summed E-state index contributed by atoms with van der Waals surface area (Å²) in [6.45, 7) is 12.0. The van der Waals surface area contributed by atoms with Crippen LogP contribution in [0.3, 0.4) is 0 Å². The normalized spacial score (nSPS) is 10.8. The molecular weight excluding hydrogens is 620 g/mol. The fourth-order valence-corrected chi connectivity index (χ4v) is 5.17. The number of benzene rings is 2. The van der Waals surface area contributed by atoms with Crippen molar-refractivity contribution in [2.24, 2.45) is 0 Å². The zero-order valence-electron chi connectivity index (χ0n) is 30.7. The molecule has 0 aliphatic heterocycles. The van der Waals surface area contributed by atoms with Crippen molar-refractivity contribution in [1.29, 1.82) is 10.5 Å². The van der Waals surface area contributed by atoms with Crippen molar-refractivity contribution in [3.05, 3.63) is 52.6 Å². The third kappa shape index (κ3) is 14.1. The van der Waals surface area contributed by atoms with Crippen molar-refractivity contribution in [2.75, 3.05) is 19.8 Å². The molecule has 0 N–H and O–H groups in total. The van der Waals surface area contributed by atoms with E-state index in [9.17, 15) is 10.5 Å². The van der Waals surface area contributed by atoms with Crippen molar-refractivity contribution in [2.45, 2.75) is 112 Å². The summed E-state index contributed by atoms with van der Waals surface area (Å²) >= 11 is 0. The van der Waals surface area contributed by atoms with Crippen LogP contribution in [0.4, 0.5) is 0 Å². The van der Waals surface area contributed by atoms with Gasteiger partial charge in [-0.25, -0.2) is 0 Å². The summed E-state index contributed by atoms with van der Waals surface area (Å²) in [4.78, 5) is 0. The van der Waals surface area contributed by atoms with Gasteiger partial charge in [-0.15, -0.1) is 6.42 Å². The van der Waals surface area contributed by atoms with Gasteiger partial charge < -0.3 is 18.9 Å². The van der Waals surface area contributed by atoms with Gasteiger partial charge in [0.25, 0.3) is 0 Å². The number of aryl methyl sites for hydroxylation is 1. The van der Waals surface area contributed by atoms with Gasteiger partial charge in [0.1, 0.15) is 29.1 Å². The van der Waals surface area contributed by atoms with E-state index in [4.69, 9.17) is 25.4 Å². The molecular formula is C44H52N2O4. The maximum atomic E-state index is 10.6. The first-order valence-electron chi connectivity index (χ1n) is 18.0. The second kappa shape index (κ2) is 24.9. The largest absolute Gasteiger partial charge is 0.493 e. The first-order chi connectivity index (χ1) is 24.5. The fraction of sp³-hybridized carbons (Fsp3) is 0.455. The summed E-state index contributed by atoms with van der Waals surface area (Å²) in [5.41, 5.74) is 3.39. The summed E-state index contributed by atoms with van der Waals surface area (Å²) in [5.74, 6) is 11.9. The minimum Gasteiger partial charge on any atom is -0.493 e. The quantitative estimate of drug-likeness (QED) is 0.0536. The van der Waals surface area contributed by atoms with Crippen LogP contribution in [-0.4, -0.2) is 19.8 Å². The maximum Gasteiger partial charge on any atom is 0.149 e. The highest BCUT2D eigenvalue weighted by atomic mass is 16.5. The van der Waals surface area contributed by atoms with E-state index in [0.29, 0.717) is 53.6 Å². The molecule has 0 atom stereocenters. The molecule has 2 rings (SSSR count). The van der Waals surface area contributed by atoms with Gasteiger partial charge in [0, 0.05) is 28.5 Å². The second-order valence-electron chi connectivity index (χ2n) is 11.9. The monoisotopic (exact) mass is 672 g/mol. The van der Waals surface area contributed by atoms with E-state index >= 15 is 0 Å². The van der Waals surface area contributed by atoms with Crippen LogP contribution in [-0.2, 0) is 0 Å². The predicted octanol–water partition coefficient (Wildman–Crippen LogP) is 10.8. The van der Waals surface area contributed by atoms with Crippen LogP contribution < -0.4 is 18.9 Å². The predicted molar refractivity (Wildman–Crippen MR) is 204 cm³/mol. The second-order valence-corrected chi connectivity index (χ2v) is 11.9. The molecule has 0 heterocycles. The van der Waals surface area contributed by atoms with E-state index in [1.807, 2.05) is 19.1 Å². The van der Waals surface area contributed by atoms with Crippen LogP contribution in [0.15, 0.2) is 30.3 Å². The van der Waals surface area contributed by atoms with Gasteiger partial charge in [-0.1, -0.05) is 84.6 Å². The highest BCUT2D eigenvalue weighted by Crippen LogP contribution is 2.39. The lowest BCUT2D eigenvalue weighted by molar-refractivity contribution is 0.295. The Kier molecular flexibility index (Phi) is 20.4. The molecule has 0 saturated carbocycles. The van der Waals surface area contributed by atoms with Crippen LogP contribution in [0, 0.1) is 65.8 Å². The number of terminal acetylenes is 1. The Bertz CT molecular complexity index is 1690. The first-order valence-corrected chi connectivity index (χ1v) is 18.0. The van der Waals surface area contributed by atoms with E-state index < -0.39 is 0 Å². The Morgan fingerprint density at radius 1 is 0.640 bits per heavy atom. The van der Waals surface area contributed by atoms with E-state index in [1.54, 1.807) is 31.2 Å². The molecule has 2 aromatic carbocycles. The number of nitrogens with zero attached hydrogens (tertiary/aromatic N) is 2. The minimum atomic E-state index is 0.288. The Labute approximate surface area is 301 Å². The lowest BCUT2D eigenvalue weighted by atomic mass is 9.96. The first kappa shape index (κ1) is 41.0. The molecule has 0 radical (unpaired) electrons. The molecule has 0 aliphatic rings. The molecule has 0 aromatic heterocycles. The zero-order valence-corrected chi connectivity index (χ0v) is 30.7. The molecule has 0 bridgehead atoms. The fourth-order valence-electron chi connectivity index (χ4n) is 5.17. The Morgan fingerprint density at radius 3 is 1.72 bits per heavy atom. The van der Waals surface area contributed by atoms with Crippen molar-refractivity contribution < 1.29 is 18.9 Å². The minimum absolute atomic E-state index is 0.288. The van der Waals surface area contributed by atoms with E-state index in [0.717, 1.165) is 87.5 Å². The Morgan fingerprint density at radius 2 is 1.18 bits per heavy atom. The average Bonchev–Trinajstić information content (AvgIpc) is 3.12. The molecule has 2 aromatic rings. The molecule has 0 aliphatic carbocycles. The topological polar surface area (TPSA) is 84.5 Å². The molecule has 0 unspecified atom stereocenters. The summed E-state index contributed by atoms with van der Waals surface area (Å²) in [7, 11) is 0. The molecule has 50 heavy (non-hydrogen) atoms. The van der Waals surface area contributed by atoms with Crippen molar-refractivity contribution in [3.63, 3.8) is 0 Å². The lowest BCUT2D eigenvalue weighted by Gasteiger charge is -2.17. The molecule has 6 nitrogen and oxygen atoms in total. The van der Waals surface area contributed by atoms with Crippen LogP contribution in [0.1, 0.15) is 127 Å². The van der Waals surface area contributed by atoms with Gasteiger partial charge in [-0.2, -0.15) is 10.5 Å². The molecule has 0 saturated heterocycles. The third-order valence-electron chi connectivity index (χ3n) is 7.97. The Hall–Kier alpha value is -5.22. The number of allylic oxidation sites excluding steroid dienone is 3. The highest BCUT2D eigenvalue weighted by molar-refractivity contribution is 5.94. The van der Waals surface area contributed by atoms with Gasteiger partial charge >= 0.3 is 0 Å². The molecule has 0 amide bonds. The van der Waals surface area contributed by atoms with Crippen LogP contribution >= 0.6 is 0 Å². The van der Waals surface area contributed by atoms with Crippen molar-refractivity contribution >= 4 is 17.2 Å². The maximum absolute atomic E-state index is 10.6. The molecule has 0 spiro atoms. The van der Waals surface area contributed by atoms with Crippen LogP contribution in [0.2, 0.25) is 0 Å². The smallest absolute Gasteiger partial charge is 0.149 e. The van der Waals surface area contributed by atoms with Gasteiger partial charge in [-0.3, -0.25) is 0 Å². The van der Waals surface area contributed by atoms with Crippen LogP contribution in [0.5, 0.6) is 23.0 Å². The third-order valence-corrected chi connectivity index (χ3v) is 7.97. The van der Waals surface area contributed by atoms with E-state index in [1.165, 1.54) is 6.42 Å². The van der Waals surface area contributed by atoms with Gasteiger partial charge in [0.2, 0.25) is 0 Å². The SMILES string of the molecule is C#CC#CC#COc1cc(C(C#N)=Cc2cc(OCCCCCC)c(C)cc2OCCCCCC)c(OCCCCCC)cc1C(C#N)=CC. The number of ether oxygens (including phenoxy) is 4. The van der Waals surface area contributed by atoms with Gasteiger partial charge in [0.15, 0.2) is 0 Å². The molecule has 6 heteroatoms. The van der Waals surface area contributed by atoms with E-state index in [2.05, 4.69) is 62.7 Å². The standard InChI is InChI=1S/C44H52N2O4/c1-7-12-16-20-24-47-41-30-37(42(28-35(41)6)48-25-21-17-13-8-2)29-38(34-46)40-32-43(49-26-22-18-14-9-3)39(36(11-5)33-45)31-44(40)50-27-23-19-15-10-4/h3,11,28-32H,7-8,10,12-13,15-17,19-21,23-25,27H2,1-2,4-6H3. The van der Waals surface area contributed by atoms with Crippen LogP contribution in [0.25, 0.3) is 17.2 Å². The Balaban J connectivity index is 2.74. The van der Waals surface area contributed by atoms with Crippen molar-refractivity contribution in [1.82, 2.24) is 0 Å². The number of rotatable bonds is 22.